The molecule has 0 spiro atoms. The molecule has 3 rings (SSSR count). The molecule has 1 aliphatic rings. The molecule has 0 saturated carbocycles. The Labute approximate surface area is 207 Å². The quantitative estimate of drug-likeness (QED) is 0.452. The standard InChI is InChI=1S/C26H34N2O5S/c1-7-32-24(29)17-8-10-19(11-9-17)33-16-21-20-15-23(31-6)22(30-5)14-18(20)12-13-28(21)25(34)27-26(2,3)4/h8-11,14-15,21H,7,12-13,16H2,1-6H3,(H,27,34). The lowest BCUT2D eigenvalue weighted by Crippen LogP contribution is -2.52. The molecule has 0 saturated heterocycles. The predicted octanol–water partition coefficient (Wildman–Crippen LogP) is 4.53. The number of hydrogen-bond donors (Lipinski definition) is 1. The van der Waals surface area contributed by atoms with Gasteiger partial charge in [-0.3, -0.25) is 0 Å². The molecule has 2 aromatic carbocycles. The van der Waals surface area contributed by atoms with Crippen LogP contribution in [0.1, 0.15) is 55.2 Å². The Morgan fingerprint density at radius 2 is 1.76 bits per heavy atom. The third kappa shape index (κ3) is 6.11. The highest BCUT2D eigenvalue weighted by atomic mass is 32.1. The van der Waals surface area contributed by atoms with Crippen molar-refractivity contribution in [2.24, 2.45) is 0 Å². The van der Waals surface area contributed by atoms with Gasteiger partial charge in [0.15, 0.2) is 16.6 Å². The third-order valence-corrected chi connectivity index (χ3v) is 5.86. The minimum Gasteiger partial charge on any atom is -0.493 e. The maximum absolute atomic E-state index is 11.9. The number of methoxy groups -OCH3 is 2. The Kier molecular flexibility index (Phi) is 8.25. The van der Waals surface area contributed by atoms with E-state index in [9.17, 15) is 4.79 Å². The zero-order valence-electron chi connectivity index (χ0n) is 20.8. The SMILES string of the molecule is CCOC(=O)c1ccc(OCC2c3cc(OC)c(OC)cc3CCN2C(=S)NC(C)(C)C)cc1. The molecule has 7 nitrogen and oxygen atoms in total. The maximum Gasteiger partial charge on any atom is 0.338 e. The average Bonchev–Trinajstić information content (AvgIpc) is 2.80. The van der Waals surface area contributed by atoms with Crippen LogP contribution < -0.4 is 19.5 Å². The largest absolute Gasteiger partial charge is 0.493 e. The van der Waals surface area contributed by atoms with Crippen LogP contribution in [0.2, 0.25) is 0 Å². The summed E-state index contributed by atoms with van der Waals surface area (Å²) in [5.74, 6) is 1.69. The number of nitrogens with one attached hydrogen (secondary N) is 1. The second-order valence-corrected chi connectivity index (χ2v) is 9.49. The van der Waals surface area contributed by atoms with Crippen LogP contribution in [0, 0.1) is 0 Å². The van der Waals surface area contributed by atoms with E-state index in [1.165, 1.54) is 5.56 Å². The summed E-state index contributed by atoms with van der Waals surface area (Å²) in [4.78, 5) is 14.1. The van der Waals surface area contributed by atoms with Gasteiger partial charge in [-0.25, -0.2) is 4.79 Å². The van der Waals surface area contributed by atoms with Crippen LogP contribution in [0.4, 0.5) is 0 Å². The highest BCUT2D eigenvalue weighted by molar-refractivity contribution is 7.80. The molecule has 1 aliphatic heterocycles. The summed E-state index contributed by atoms with van der Waals surface area (Å²) in [6.45, 7) is 9.50. The molecule has 1 heterocycles. The van der Waals surface area contributed by atoms with Gasteiger partial charge in [0.25, 0.3) is 0 Å². The van der Waals surface area contributed by atoms with E-state index >= 15 is 0 Å². The summed E-state index contributed by atoms with van der Waals surface area (Å²) in [6.07, 6.45) is 0.826. The molecule has 8 heteroatoms. The lowest BCUT2D eigenvalue weighted by Gasteiger charge is -2.41. The highest BCUT2D eigenvalue weighted by Crippen LogP contribution is 2.38. The van der Waals surface area contributed by atoms with Gasteiger partial charge < -0.3 is 29.2 Å². The molecule has 1 N–H and O–H groups in total. The molecule has 184 valence electrons. The number of thiocarbonyl (C=S) groups is 1. The van der Waals surface area contributed by atoms with Crippen molar-refractivity contribution in [2.75, 3.05) is 34.0 Å². The Hall–Kier alpha value is -3.00. The van der Waals surface area contributed by atoms with E-state index in [-0.39, 0.29) is 17.6 Å². The molecule has 0 bridgehead atoms. The van der Waals surface area contributed by atoms with E-state index < -0.39 is 0 Å². The highest BCUT2D eigenvalue weighted by Gasteiger charge is 2.32. The Bertz CT molecular complexity index is 1020. The van der Waals surface area contributed by atoms with E-state index in [1.54, 1.807) is 45.4 Å². The first-order valence-corrected chi connectivity index (χ1v) is 11.8. The number of carbonyl (C=O) groups is 1. The first-order chi connectivity index (χ1) is 16.2. The number of esters is 1. The molecule has 0 fully saturated rings. The maximum atomic E-state index is 11.9. The second-order valence-electron chi connectivity index (χ2n) is 9.10. The van der Waals surface area contributed by atoms with Crippen molar-refractivity contribution in [1.29, 1.82) is 0 Å². The van der Waals surface area contributed by atoms with Crippen LogP contribution in [0.3, 0.4) is 0 Å². The first-order valence-electron chi connectivity index (χ1n) is 11.4. The van der Waals surface area contributed by atoms with Crippen molar-refractivity contribution in [1.82, 2.24) is 10.2 Å². The smallest absolute Gasteiger partial charge is 0.338 e. The molecule has 1 unspecified atom stereocenters. The predicted molar refractivity (Wildman–Crippen MR) is 136 cm³/mol. The zero-order chi connectivity index (χ0) is 24.9. The lowest BCUT2D eigenvalue weighted by molar-refractivity contribution is 0.0526. The fourth-order valence-corrected chi connectivity index (χ4v) is 4.45. The van der Waals surface area contributed by atoms with E-state index in [0.717, 1.165) is 18.5 Å². The van der Waals surface area contributed by atoms with E-state index in [0.29, 0.717) is 41.1 Å². The fourth-order valence-electron chi connectivity index (χ4n) is 3.92. The molecule has 2 aromatic rings. The number of ether oxygens (including phenoxy) is 4. The summed E-state index contributed by atoms with van der Waals surface area (Å²) in [6, 6.07) is 10.9. The van der Waals surface area contributed by atoms with Crippen LogP contribution in [0.5, 0.6) is 17.2 Å². The number of hydrogen-bond acceptors (Lipinski definition) is 6. The molecule has 0 amide bonds. The fraction of sp³-hybridized carbons (Fsp3) is 0.462. The Balaban J connectivity index is 1.88. The topological polar surface area (TPSA) is 69.3 Å². The van der Waals surface area contributed by atoms with Gasteiger partial charge in [0.1, 0.15) is 12.4 Å². The van der Waals surface area contributed by atoms with Crippen LogP contribution in [0.25, 0.3) is 0 Å². The normalized spacial score (nSPS) is 15.2. The average molecular weight is 487 g/mol. The van der Waals surface area contributed by atoms with Gasteiger partial charge in [0.2, 0.25) is 0 Å². The molecular formula is C26H34N2O5S. The van der Waals surface area contributed by atoms with Crippen LogP contribution in [-0.4, -0.2) is 55.5 Å². The monoisotopic (exact) mass is 486 g/mol. The van der Waals surface area contributed by atoms with Crippen LogP contribution in [-0.2, 0) is 11.2 Å². The van der Waals surface area contributed by atoms with Crippen molar-refractivity contribution in [3.63, 3.8) is 0 Å². The van der Waals surface area contributed by atoms with E-state index in [4.69, 9.17) is 31.2 Å². The summed E-state index contributed by atoms with van der Waals surface area (Å²) in [7, 11) is 3.27. The number of carbonyl (C=O) groups excluding carboxylic acids is 1. The molecule has 0 aromatic heterocycles. The molecule has 0 radical (unpaired) electrons. The number of nitrogens with zero attached hydrogens (tertiary/aromatic N) is 1. The van der Waals surface area contributed by atoms with Crippen molar-refractivity contribution in [3.05, 3.63) is 53.1 Å². The van der Waals surface area contributed by atoms with E-state index in [2.05, 4.69) is 31.0 Å². The summed E-state index contributed by atoms with van der Waals surface area (Å²) < 4.78 is 22.3. The van der Waals surface area contributed by atoms with E-state index in [1.807, 2.05) is 12.1 Å². The molecular weight excluding hydrogens is 452 g/mol. The summed E-state index contributed by atoms with van der Waals surface area (Å²) in [5.41, 5.74) is 2.60. The zero-order valence-corrected chi connectivity index (χ0v) is 21.6. The van der Waals surface area contributed by atoms with Gasteiger partial charge in [-0.2, -0.15) is 0 Å². The minimum absolute atomic E-state index is 0.129. The van der Waals surface area contributed by atoms with Crippen LogP contribution >= 0.6 is 12.2 Å². The van der Waals surface area contributed by atoms with Gasteiger partial charge in [0.05, 0.1) is 32.4 Å². The second kappa shape index (κ2) is 11.0. The molecule has 1 atom stereocenters. The van der Waals surface area contributed by atoms with Gasteiger partial charge >= 0.3 is 5.97 Å². The van der Waals surface area contributed by atoms with Gasteiger partial charge in [-0.15, -0.1) is 0 Å². The number of rotatable bonds is 7. The van der Waals surface area contributed by atoms with Crippen molar-refractivity contribution >= 4 is 23.3 Å². The Morgan fingerprint density at radius 1 is 1.12 bits per heavy atom. The summed E-state index contributed by atoms with van der Waals surface area (Å²) >= 11 is 5.79. The van der Waals surface area contributed by atoms with Crippen molar-refractivity contribution < 1.29 is 23.7 Å². The lowest BCUT2D eigenvalue weighted by atomic mass is 9.92. The Morgan fingerprint density at radius 3 is 2.35 bits per heavy atom. The summed E-state index contributed by atoms with van der Waals surface area (Å²) in [5, 5.41) is 4.11. The van der Waals surface area contributed by atoms with Crippen molar-refractivity contribution in [2.45, 2.75) is 45.7 Å². The first kappa shape index (κ1) is 25.6. The molecule has 34 heavy (non-hydrogen) atoms. The number of benzene rings is 2. The van der Waals surface area contributed by atoms with Gasteiger partial charge in [-0.1, -0.05) is 0 Å². The minimum atomic E-state index is -0.346. The van der Waals surface area contributed by atoms with Crippen molar-refractivity contribution in [3.8, 4) is 17.2 Å². The number of fused-ring (bicyclic) bond motifs is 1. The van der Waals surface area contributed by atoms with Crippen LogP contribution in [0.15, 0.2) is 36.4 Å². The third-order valence-electron chi connectivity index (χ3n) is 5.52. The van der Waals surface area contributed by atoms with Gasteiger partial charge in [-0.05, 0) is 93.9 Å². The molecule has 0 aliphatic carbocycles. The van der Waals surface area contributed by atoms with Gasteiger partial charge in [0, 0.05) is 12.1 Å².